The lowest BCUT2D eigenvalue weighted by Crippen LogP contribution is -2.36. The zero-order chi connectivity index (χ0) is 18.9. The number of carbonyl (C=O) groups excluding carboxylic acids is 1. The van der Waals surface area contributed by atoms with Gasteiger partial charge < -0.3 is 24.2 Å². The van der Waals surface area contributed by atoms with Crippen molar-refractivity contribution in [3.8, 4) is 17.5 Å². The molecule has 1 fully saturated rings. The molecule has 0 aromatic carbocycles. The van der Waals surface area contributed by atoms with E-state index >= 15 is 0 Å². The lowest BCUT2D eigenvalue weighted by Gasteiger charge is -2.24. The molecule has 9 heteroatoms. The normalized spacial score (nSPS) is 17.4. The van der Waals surface area contributed by atoms with Gasteiger partial charge in [-0.3, -0.25) is 0 Å². The number of likely N-dealkylation sites (tertiary alicyclic amines) is 1. The van der Waals surface area contributed by atoms with E-state index in [1.54, 1.807) is 11.0 Å². The lowest BCUT2D eigenvalue weighted by atomic mass is 10.2. The second kappa shape index (κ2) is 6.81. The Morgan fingerprint density at radius 3 is 2.81 bits per heavy atom. The number of ether oxygens (including phenoxy) is 3. The SMILES string of the molecule is COc1cc2ncnc(O)c2nc1OC1CCN(C(=O)OC(C)(C)C)C1. The van der Waals surface area contributed by atoms with Crippen LogP contribution in [0.4, 0.5) is 4.79 Å². The first-order chi connectivity index (χ1) is 12.3. The molecule has 3 heterocycles. The van der Waals surface area contributed by atoms with E-state index in [1.165, 1.54) is 13.4 Å². The van der Waals surface area contributed by atoms with Crippen LogP contribution in [0.1, 0.15) is 27.2 Å². The average molecular weight is 362 g/mol. The molecule has 9 nitrogen and oxygen atoms in total. The maximum Gasteiger partial charge on any atom is 0.410 e. The van der Waals surface area contributed by atoms with Crippen LogP contribution >= 0.6 is 0 Å². The third-order valence-electron chi connectivity index (χ3n) is 3.82. The van der Waals surface area contributed by atoms with E-state index in [4.69, 9.17) is 14.2 Å². The molecular weight excluding hydrogens is 340 g/mol. The van der Waals surface area contributed by atoms with Crippen LogP contribution in [0.5, 0.6) is 17.5 Å². The van der Waals surface area contributed by atoms with Gasteiger partial charge in [-0.1, -0.05) is 0 Å². The van der Waals surface area contributed by atoms with Gasteiger partial charge in [0.1, 0.15) is 23.5 Å². The van der Waals surface area contributed by atoms with Gasteiger partial charge in [-0.25, -0.2) is 19.7 Å². The number of aromatic nitrogens is 3. The Kier molecular flexibility index (Phi) is 4.71. The molecule has 0 spiro atoms. The Labute approximate surface area is 150 Å². The van der Waals surface area contributed by atoms with Crippen molar-refractivity contribution < 1.29 is 24.1 Å². The quantitative estimate of drug-likeness (QED) is 0.885. The lowest BCUT2D eigenvalue weighted by molar-refractivity contribution is 0.0274. The van der Waals surface area contributed by atoms with Crippen LogP contribution in [-0.2, 0) is 4.74 Å². The standard InChI is InChI=1S/C17H22N4O5/c1-17(2,3)26-16(23)21-6-5-10(8-21)25-15-12(24-4)7-11-13(20-15)14(22)19-9-18-11/h7,9-10H,5-6,8H2,1-4H3,(H,18,19,22). The van der Waals surface area contributed by atoms with Gasteiger partial charge in [-0.15, -0.1) is 0 Å². The Morgan fingerprint density at radius 2 is 2.12 bits per heavy atom. The molecule has 2 aromatic rings. The fourth-order valence-corrected chi connectivity index (χ4v) is 2.64. The van der Waals surface area contributed by atoms with Gasteiger partial charge in [0.15, 0.2) is 11.3 Å². The van der Waals surface area contributed by atoms with E-state index in [-0.39, 0.29) is 29.5 Å². The zero-order valence-corrected chi connectivity index (χ0v) is 15.2. The smallest absolute Gasteiger partial charge is 0.410 e. The van der Waals surface area contributed by atoms with Gasteiger partial charge in [0, 0.05) is 19.0 Å². The van der Waals surface area contributed by atoms with E-state index in [1.807, 2.05) is 20.8 Å². The molecule has 0 bridgehead atoms. The second-order valence-corrected chi connectivity index (χ2v) is 7.02. The van der Waals surface area contributed by atoms with E-state index in [9.17, 15) is 9.90 Å². The number of rotatable bonds is 3. The molecule has 0 saturated carbocycles. The first kappa shape index (κ1) is 18.0. The molecule has 2 aromatic heterocycles. The number of amides is 1. The number of fused-ring (bicyclic) bond motifs is 1. The largest absolute Gasteiger partial charge is 0.492 e. The highest BCUT2D eigenvalue weighted by molar-refractivity contribution is 5.80. The van der Waals surface area contributed by atoms with Crippen LogP contribution in [0.15, 0.2) is 12.4 Å². The first-order valence-corrected chi connectivity index (χ1v) is 8.30. The number of carbonyl (C=O) groups is 1. The van der Waals surface area contributed by atoms with Crippen LogP contribution in [0.3, 0.4) is 0 Å². The van der Waals surface area contributed by atoms with E-state index < -0.39 is 5.60 Å². The van der Waals surface area contributed by atoms with Crippen LogP contribution in [0, 0.1) is 0 Å². The molecule has 1 unspecified atom stereocenters. The van der Waals surface area contributed by atoms with Gasteiger partial charge in [-0.2, -0.15) is 0 Å². The first-order valence-electron chi connectivity index (χ1n) is 8.30. The van der Waals surface area contributed by atoms with Crippen LogP contribution < -0.4 is 9.47 Å². The second-order valence-electron chi connectivity index (χ2n) is 7.02. The molecule has 1 atom stereocenters. The number of methoxy groups -OCH3 is 1. The summed E-state index contributed by atoms with van der Waals surface area (Å²) in [5, 5.41) is 9.86. The molecule has 1 aliphatic rings. The summed E-state index contributed by atoms with van der Waals surface area (Å²) >= 11 is 0. The van der Waals surface area contributed by atoms with Crippen molar-refractivity contribution in [2.45, 2.75) is 38.9 Å². The van der Waals surface area contributed by atoms with Crippen molar-refractivity contribution in [1.29, 1.82) is 0 Å². The minimum Gasteiger partial charge on any atom is -0.492 e. The van der Waals surface area contributed by atoms with Gasteiger partial charge in [0.05, 0.1) is 13.7 Å². The molecule has 0 radical (unpaired) electrons. The molecule has 1 amide bonds. The summed E-state index contributed by atoms with van der Waals surface area (Å²) in [6.45, 7) is 6.40. The minimum absolute atomic E-state index is 0.223. The van der Waals surface area contributed by atoms with E-state index in [0.717, 1.165) is 0 Å². The maximum absolute atomic E-state index is 12.2. The fourth-order valence-electron chi connectivity index (χ4n) is 2.64. The van der Waals surface area contributed by atoms with Gasteiger partial charge in [0.2, 0.25) is 5.88 Å². The van der Waals surface area contributed by atoms with E-state index in [0.29, 0.717) is 30.8 Å². The van der Waals surface area contributed by atoms with Crippen molar-refractivity contribution in [1.82, 2.24) is 19.9 Å². The Hall–Kier alpha value is -2.84. The summed E-state index contributed by atoms with van der Waals surface area (Å²) in [4.78, 5) is 25.8. The van der Waals surface area contributed by atoms with Gasteiger partial charge >= 0.3 is 6.09 Å². The molecule has 140 valence electrons. The summed E-state index contributed by atoms with van der Waals surface area (Å²) in [5.41, 5.74) is 0.130. The zero-order valence-electron chi connectivity index (χ0n) is 15.2. The highest BCUT2D eigenvalue weighted by Gasteiger charge is 2.31. The van der Waals surface area contributed by atoms with E-state index in [2.05, 4.69) is 15.0 Å². The molecule has 3 rings (SSSR count). The Balaban J connectivity index is 1.75. The number of hydrogen-bond donors (Lipinski definition) is 1. The molecule has 1 saturated heterocycles. The summed E-state index contributed by atoms with van der Waals surface area (Å²) in [5.74, 6) is 0.386. The highest BCUT2D eigenvalue weighted by Crippen LogP contribution is 2.32. The summed E-state index contributed by atoms with van der Waals surface area (Å²) in [7, 11) is 1.50. The summed E-state index contributed by atoms with van der Waals surface area (Å²) in [6.07, 6.45) is 1.26. The van der Waals surface area contributed by atoms with Crippen molar-refractivity contribution in [2.24, 2.45) is 0 Å². The van der Waals surface area contributed by atoms with Crippen molar-refractivity contribution >= 4 is 17.1 Å². The third-order valence-corrected chi connectivity index (χ3v) is 3.82. The molecule has 26 heavy (non-hydrogen) atoms. The topological polar surface area (TPSA) is 107 Å². The predicted molar refractivity (Wildman–Crippen MR) is 92.4 cm³/mol. The Morgan fingerprint density at radius 1 is 1.35 bits per heavy atom. The fraction of sp³-hybridized carbons (Fsp3) is 0.529. The summed E-state index contributed by atoms with van der Waals surface area (Å²) in [6, 6.07) is 1.62. The number of nitrogens with zero attached hydrogens (tertiary/aromatic N) is 4. The molecule has 1 aliphatic heterocycles. The highest BCUT2D eigenvalue weighted by atomic mass is 16.6. The number of pyridine rings is 1. The van der Waals surface area contributed by atoms with Gasteiger partial charge in [0.25, 0.3) is 5.88 Å². The van der Waals surface area contributed by atoms with Crippen molar-refractivity contribution in [3.05, 3.63) is 12.4 Å². The monoisotopic (exact) mass is 362 g/mol. The van der Waals surface area contributed by atoms with Crippen LogP contribution in [0.25, 0.3) is 11.0 Å². The number of aromatic hydroxyl groups is 1. The van der Waals surface area contributed by atoms with Crippen molar-refractivity contribution in [2.75, 3.05) is 20.2 Å². The van der Waals surface area contributed by atoms with Crippen molar-refractivity contribution in [3.63, 3.8) is 0 Å². The van der Waals surface area contributed by atoms with Crippen LogP contribution in [0.2, 0.25) is 0 Å². The molecule has 1 N–H and O–H groups in total. The third kappa shape index (κ3) is 3.87. The molecule has 0 aliphatic carbocycles. The van der Waals surface area contributed by atoms with Gasteiger partial charge in [-0.05, 0) is 20.8 Å². The number of hydrogen-bond acceptors (Lipinski definition) is 8. The van der Waals surface area contributed by atoms with Crippen LogP contribution in [-0.4, -0.2) is 63.0 Å². The Bertz CT molecular complexity index is 821. The average Bonchev–Trinajstić information content (AvgIpc) is 3.02. The minimum atomic E-state index is -0.545. The maximum atomic E-state index is 12.2. The predicted octanol–water partition coefficient (Wildman–Crippen LogP) is 2.13. The summed E-state index contributed by atoms with van der Waals surface area (Å²) < 4.78 is 16.6. The molecular formula is C17H22N4O5.